The third-order valence-electron chi connectivity index (χ3n) is 4.05. The molecule has 0 amide bonds. The van der Waals surface area contributed by atoms with E-state index < -0.39 is 0 Å². The molecule has 0 aromatic carbocycles. The van der Waals surface area contributed by atoms with Crippen LogP contribution < -0.4 is 15.0 Å². The van der Waals surface area contributed by atoms with Crippen molar-refractivity contribution in [2.75, 3.05) is 44.7 Å². The molecular weight excluding hydrogens is 400 g/mol. The molecule has 0 aliphatic carbocycles. The Kier molecular flexibility index (Phi) is 6.32. The van der Waals surface area contributed by atoms with Gasteiger partial charge in [-0.1, -0.05) is 0 Å². The number of piperazine rings is 1. The monoisotopic (exact) mass is 422 g/mol. The second-order valence-electron chi connectivity index (χ2n) is 5.75. The van der Waals surface area contributed by atoms with Gasteiger partial charge in [0.05, 0.1) is 24.0 Å². The summed E-state index contributed by atoms with van der Waals surface area (Å²) in [6.07, 6.45) is 3.39. The predicted octanol–water partition coefficient (Wildman–Crippen LogP) is 2.13. The smallest absolute Gasteiger partial charge is 0.232 e. The van der Waals surface area contributed by atoms with E-state index in [-0.39, 0.29) is 0 Å². The average molecular weight is 423 g/mol. The fourth-order valence-corrected chi connectivity index (χ4v) is 3.09. The number of halogens is 1. The van der Waals surface area contributed by atoms with E-state index in [1.807, 2.05) is 12.1 Å². The lowest BCUT2D eigenvalue weighted by molar-refractivity contribution is 0.365. The van der Waals surface area contributed by atoms with Crippen molar-refractivity contribution >= 4 is 27.8 Å². The maximum absolute atomic E-state index is 5.36. The number of nitrogens with one attached hydrogen (secondary N) is 1. The SMILES string of the molecule is CCNC(=NCc1ccco1)N1CCN(c2ncc(Br)c(OC)n2)CC1. The summed E-state index contributed by atoms with van der Waals surface area (Å²) in [7, 11) is 1.60. The number of aliphatic imine (C=N–C) groups is 1. The van der Waals surface area contributed by atoms with Crippen LogP contribution in [0.25, 0.3) is 0 Å². The van der Waals surface area contributed by atoms with Crippen molar-refractivity contribution in [3.63, 3.8) is 0 Å². The topological polar surface area (TPSA) is 79.0 Å². The van der Waals surface area contributed by atoms with Crippen molar-refractivity contribution in [3.05, 3.63) is 34.8 Å². The maximum atomic E-state index is 5.36. The third kappa shape index (κ3) is 4.46. The summed E-state index contributed by atoms with van der Waals surface area (Å²) in [4.78, 5) is 17.9. The van der Waals surface area contributed by atoms with Gasteiger partial charge in [0, 0.05) is 32.7 Å². The Hall–Kier alpha value is -2.29. The minimum absolute atomic E-state index is 0.530. The summed E-state index contributed by atoms with van der Waals surface area (Å²) in [6.45, 7) is 6.73. The van der Waals surface area contributed by atoms with Gasteiger partial charge in [0.1, 0.15) is 12.3 Å². The van der Waals surface area contributed by atoms with Crippen LogP contribution in [0, 0.1) is 0 Å². The molecule has 1 N–H and O–H groups in total. The molecule has 1 aliphatic rings. The van der Waals surface area contributed by atoms with Crippen LogP contribution in [0.3, 0.4) is 0 Å². The summed E-state index contributed by atoms with van der Waals surface area (Å²) in [5, 5.41) is 3.35. The van der Waals surface area contributed by atoms with E-state index in [2.05, 4.69) is 52.9 Å². The number of nitrogens with zero attached hydrogens (tertiary/aromatic N) is 5. The van der Waals surface area contributed by atoms with Crippen molar-refractivity contribution in [2.45, 2.75) is 13.5 Å². The number of aromatic nitrogens is 2. The second kappa shape index (κ2) is 8.88. The van der Waals surface area contributed by atoms with Gasteiger partial charge in [-0.3, -0.25) is 0 Å². The zero-order valence-corrected chi connectivity index (χ0v) is 16.6. The lowest BCUT2D eigenvalue weighted by atomic mass is 10.3. The van der Waals surface area contributed by atoms with Crippen molar-refractivity contribution in [1.82, 2.24) is 20.2 Å². The zero-order chi connectivity index (χ0) is 18.4. The molecule has 9 heteroatoms. The van der Waals surface area contributed by atoms with Crippen LogP contribution in [0.15, 0.2) is 38.5 Å². The Morgan fingerprint density at radius 3 is 2.85 bits per heavy atom. The quantitative estimate of drug-likeness (QED) is 0.583. The first-order valence-electron chi connectivity index (χ1n) is 8.58. The summed E-state index contributed by atoms with van der Waals surface area (Å²) in [6, 6.07) is 3.81. The summed E-state index contributed by atoms with van der Waals surface area (Å²) >= 11 is 3.39. The fourth-order valence-electron chi connectivity index (χ4n) is 2.74. The molecule has 140 valence electrons. The Balaban J connectivity index is 1.63. The number of guanidine groups is 1. The molecule has 2 aromatic heterocycles. The van der Waals surface area contributed by atoms with E-state index in [0.29, 0.717) is 18.4 Å². The third-order valence-corrected chi connectivity index (χ3v) is 4.60. The Morgan fingerprint density at radius 2 is 2.19 bits per heavy atom. The molecule has 0 bridgehead atoms. The van der Waals surface area contributed by atoms with Crippen LogP contribution in [-0.4, -0.2) is 60.7 Å². The van der Waals surface area contributed by atoms with Crippen LogP contribution in [0.2, 0.25) is 0 Å². The van der Waals surface area contributed by atoms with Crippen LogP contribution in [0.4, 0.5) is 5.95 Å². The van der Waals surface area contributed by atoms with Gasteiger partial charge < -0.3 is 24.3 Å². The number of furan rings is 1. The first-order valence-corrected chi connectivity index (χ1v) is 9.37. The molecule has 0 atom stereocenters. The summed E-state index contributed by atoms with van der Waals surface area (Å²) < 4.78 is 11.4. The van der Waals surface area contributed by atoms with E-state index in [0.717, 1.165) is 48.9 Å². The molecule has 3 heterocycles. The first-order chi connectivity index (χ1) is 12.7. The van der Waals surface area contributed by atoms with Crippen molar-refractivity contribution in [3.8, 4) is 5.88 Å². The second-order valence-corrected chi connectivity index (χ2v) is 6.61. The number of hydrogen-bond acceptors (Lipinski definition) is 6. The molecule has 2 aromatic rings. The van der Waals surface area contributed by atoms with E-state index >= 15 is 0 Å². The van der Waals surface area contributed by atoms with Gasteiger partial charge in [-0.15, -0.1) is 0 Å². The van der Waals surface area contributed by atoms with Crippen LogP contribution in [0.1, 0.15) is 12.7 Å². The molecule has 8 nitrogen and oxygen atoms in total. The minimum atomic E-state index is 0.530. The largest absolute Gasteiger partial charge is 0.480 e. The molecule has 0 spiro atoms. The van der Waals surface area contributed by atoms with E-state index in [9.17, 15) is 0 Å². The lowest BCUT2D eigenvalue weighted by Gasteiger charge is -2.36. The highest BCUT2D eigenvalue weighted by Crippen LogP contribution is 2.23. The van der Waals surface area contributed by atoms with E-state index in [4.69, 9.17) is 9.15 Å². The number of ether oxygens (including phenoxy) is 1. The fraction of sp³-hybridized carbons (Fsp3) is 0.471. The van der Waals surface area contributed by atoms with Crippen molar-refractivity contribution in [1.29, 1.82) is 0 Å². The molecular formula is C17H23BrN6O2. The highest BCUT2D eigenvalue weighted by molar-refractivity contribution is 9.10. The number of anilines is 1. The van der Waals surface area contributed by atoms with Gasteiger partial charge in [-0.2, -0.15) is 4.98 Å². The van der Waals surface area contributed by atoms with Gasteiger partial charge in [0.15, 0.2) is 5.96 Å². The Bertz CT molecular complexity index is 729. The number of methoxy groups -OCH3 is 1. The van der Waals surface area contributed by atoms with Crippen molar-refractivity contribution in [2.24, 2.45) is 4.99 Å². The standard InChI is InChI=1S/C17H23BrN6O2/c1-3-19-16(20-11-13-5-4-10-26-13)23-6-8-24(9-7-23)17-21-12-14(18)15(22-17)25-2/h4-5,10,12H,3,6-9,11H2,1-2H3,(H,19,20). The summed E-state index contributed by atoms with van der Waals surface area (Å²) in [5.41, 5.74) is 0. The minimum Gasteiger partial charge on any atom is -0.480 e. The average Bonchev–Trinajstić information content (AvgIpc) is 3.19. The van der Waals surface area contributed by atoms with E-state index in [1.54, 1.807) is 19.6 Å². The number of hydrogen-bond donors (Lipinski definition) is 1. The van der Waals surface area contributed by atoms with Gasteiger partial charge >= 0.3 is 0 Å². The molecule has 0 unspecified atom stereocenters. The predicted molar refractivity (Wildman–Crippen MR) is 104 cm³/mol. The lowest BCUT2D eigenvalue weighted by Crippen LogP contribution is -2.53. The van der Waals surface area contributed by atoms with Gasteiger partial charge in [-0.25, -0.2) is 9.98 Å². The normalized spacial score (nSPS) is 15.3. The Morgan fingerprint density at radius 1 is 1.38 bits per heavy atom. The molecule has 26 heavy (non-hydrogen) atoms. The van der Waals surface area contributed by atoms with Crippen LogP contribution in [0.5, 0.6) is 5.88 Å². The van der Waals surface area contributed by atoms with E-state index in [1.165, 1.54) is 0 Å². The van der Waals surface area contributed by atoms with Crippen molar-refractivity contribution < 1.29 is 9.15 Å². The number of rotatable bonds is 5. The molecule has 1 aliphatic heterocycles. The molecule has 1 saturated heterocycles. The first kappa shape index (κ1) is 18.5. The molecule has 0 radical (unpaired) electrons. The highest BCUT2D eigenvalue weighted by atomic mass is 79.9. The van der Waals surface area contributed by atoms with Crippen LogP contribution >= 0.6 is 15.9 Å². The molecule has 0 saturated carbocycles. The highest BCUT2D eigenvalue weighted by Gasteiger charge is 2.22. The van der Waals surface area contributed by atoms with Gasteiger partial charge in [-0.05, 0) is 35.0 Å². The maximum Gasteiger partial charge on any atom is 0.232 e. The zero-order valence-electron chi connectivity index (χ0n) is 15.0. The molecule has 1 fully saturated rings. The van der Waals surface area contributed by atoms with Gasteiger partial charge in [0.25, 0.3) is 0 Å². The Labute approximate surface area is 161 Å². The molecule has 3 rings (SSSR count). The van der Waals surface area contributed by atoms with Gasteiger partial charge in [0.2, 0.25) is 11.8 Å². The van der Waals surface area contributed by atoms with Crippen LogP contribution in [-0.2, 0) is 6.54 Å². The summed E-state index contributed by atoms with van der Waals surface area (Å²) in [5.74, 6) is 2.99.